The molecule has 0 fully saturated rings. The minimum Gasteiger partial charge on any atom is -0.481 e. The molecule has 52 heavy (non-hydrogen) atoms. The fourth-order valence-electron chi connectivity index (χ4n) is 6.57. The molecule has 0 saturated heterocycles. The topological polar surface area (TPSA) is 128 Å². The number of hydrogen-bond donors (Lipinski definition) is 2. The Balaban J connectivity index is 1.40. The van der Waals surface area contributed by atoms with Gasteiger partial charge in [0, 0.05) is 53.3 Å². The van der Waals surface area contributed by atoms with E-state index in [9.17, 15) is 14.1 Å². The Morgan fingerprint density at radius 1 is 1.08 bits per heavy atom. The van der Waals surface area contributed by atoms with Crippen LogP contribution < -0.4 is 4.74 Å². The lowest BCUT2D eigenvalue weighted by Crippen LogP contribution is -2.32. The van der Waals surface area contributed by atoms with Crippen LogP contribution in [0.1, 0.15) is 49.2 Å². The Hall–Kier alpha value is -5.31. The number of benzene rings is 3. The van der Waals surface area contributed by atoms with Gasteiger partial charge in [-0.1, -0.05) is 31.2 Å². The van der Waals surface area contributed by atoms with Gasteiger partial charge in [-0.3, -0.25) is 9.48 Å². The lowest BCUT2D eigenvalue weighted by molar-refractivity contribution is -0.141. The Morgan fingerprint density at radius 2 is 1.88 bits per heavy atom. The van der Waals surface area contributed by atoms with E-state index in [1.807, 2.05) is 0 Å². The smallest absolute Gasteiger partial charge is 0.306 e. The highest BCUT2D eigenvalue weighted by atomic mass is 32.2. The van der Waals surface area contributed by atoms with E-state index in [0.29, 0.717) is 27.6 Å². The highest BCUT2D eigenvalue weighted by Crippen LogP contribution is 2.40. The van der Waals surface area contributed by atoms with Gasteiger partial charge in [-0.05, 0) is 61.2 Å². The van der Waals surface area contributed by atoms with Crippen LogP contribution in [0.5, 0.6) is 5.88 Å². The molecule has 0 spiro atoms. The molecule has 0 radical (unpaired) electrons. The second kappa shape index (κ2) is 13.3. The molecule has 3 atom stereocenters. The molecule has 7 rings (SSSR count). The van der Waals surface area contributed by atoms with Gasteiger partial charge < -0.3 is 14.8 Å². The number of nitrogens with one attached hydrogen (secondary N) is 1. The molecule has 1 aliphatic rings. The fraction of sp³-hybridized carbons (Fsp3) is 0.297. The van der Waals surface area contributed by atoms with E-state index in [-0.39, 0.29) is 52.3 Å². The number of H-pyrrole nitrogens is 1. The van der Waals surface area contributed by atoms with Gasteiger partial charge in [-0.2, -0.15) is 5.10 Å². The third-order valence-electron chi connectivity index (χ3n) is 9.59. The van der Waals surface area contributed by atoms with Crippen LogP contribution >= 0.6 is 0 Å². The van der Waals surface area contributed by atoms with E-state index in [2.05, 4.69) is 15.2 Å². The number of hydrogen-bond acceptors (Lipinski definition) is 6. The number of ether oxygens (including phenoxy) is 1. The highest BCUT2D eigenvalue weighted by molar-refractivity contribution is 7.85. The fourth-order valence-corrected chi connectivity index (χ4v) is 7.85. The molecule has 10 nitrogen and oxygen atoms in total. The van der Waals surface area contributed by atoms with Crippen LogP contribution in [0.15, 0.2) is 82.8 Å². The highest BCUT2D eigenvalue weighted by Gasteiger charge is 2.40. The van der Waals surface area contributed by atoms with Crippen molar-refractivity contribution in [3.05, 3.63) is 107 Å². The predicted molar refractivity (Wildman–Crippen MR) is 184 cm³/mol. The van der Waals surface area contributed by atoms with Crippen molar-refractivity contribution in [1.82, 2.24) is 29.5 Å². The normalized spacial score (nSPS) is 19.6. The lowest BCUT2D eigenvalue weighted by Gasteiger charge is -2.30. The van der Waals surface area contributed by atoms with E-state index >= 15 is 17.6 Å². The van der Waals surface area contributed by atoms with Crippen molar-refractivity contribution in [3.63, 3.8) is 0 Å². The maximum atomic E-state index is 15.9. The summed E-state index contributed by atoms with van der Waals surface area (Å²) in [4.78, 5) is 19.2. The first kappa shape index (κ1) is 35.1. The zero-order valence-electron chi connectivity index (χ0n) is 28.4. The number of fused-ring (bicyclic) bond motifs is 10. The van der Waals surface area contributed by atoms with Crippen molar-refractivity contribution < 1.29 is 36.4 Å². The van der Waals surface area contributed by atoms with Crippen LogP contribution in [0, 0.1) is 17.6 Å². The molecule has 6 aromatic rings. The average molecular weight is 735 g/mol. The zero-order valence-corrected chi connectivity index (χ0v) is 29.2. The minimum absolute atomic E-state index is 0.0341. The van der Waals surface area contributed by atoms with Gasteiger partial charge >= 0.3 is 5.97 Å². The van der Waals surface area contributed by atoms with Crippen LogP contribution in [0.2, 0.25) is 0 Å². The monoisotopic (exact) mass is 734 g/mol. The summed E-state index contributed by atoms with van der Waals surface area (Å²) in [5, 5.41) is 19.0. The van der Waals surface area contributed by atoms with E-state index in [4.69, 9.17) is 9.72 Å². The number of carbonyl (C=O) groups is 1. The maximum absolute atomic E-state index is 15.9. The van der Waals surface area contributed by atoms with Gasteiger partial charge in [0.1, 0.15) is 11.6 Å². The van der Waals surface area contributed by atoms with Crippen LogP contribution in [0.3, 0.4) is 0 Å². The van der Waals surface area contributed by atoms with Crippen molar-refractivity contribution in [1.29, 1.82) is 0 Å². The summed E-state index contributed by atoms with van der Waals surface area (Å²) >= 11 is 0. The average Bonchev–Trinajstić information content (AvgIpc) is 3.86. The van der Waals surface area contributed by atoms with E-state index in [1.54, 1.807) is 50.4 Å². The number of nitrogens with zero attached hydrogens (tertiary/aromatic N) is 5. The van der Waals surface area contributed by atoms with Crippen LogP contribution in [-0.4, -0.2) is 57.3 Å². The third kappa shape index (κ3) is 6.60. The molecule has 3 aromatic heterocycles. The molecule has 0 amide bonds. The van der Waals surface area contributed by atoms with Gasteiger partial charge in [-0.25, -0.2) is 31.4 Å². The second-order valence-electron chi connectivity index (χ2n) is 13.4. The standard InChI is InChI=1S/C37H34F4N6O4S/c1-21(34(48)49)15-22-5-4-6-23(16-22)36(2)11-12-37(40,41)20-51-31-10-14-47(44-31)19-27-25-9-13-42-30(25)18-29(39)32(27)52(50)24-7-8-28(38)26(17-24)33-43-35(36)45-46(33)3/h4-10,13-14,16-18,21,42H,11-12,15,19-20H2,1-3H3,(H,48,49)/t21-,36?,52?/m1/s1. The molecule has 0 aliphatic carbocycles. The number of aliphatic carboxylic acids is 1. The minimum atomic E-state index is -3.34. The molecular weight excluding hydrogens is 701 g/mol. The number of halogens is 4. The van der Waals surface area contributed by atoms with Crippen LogP contribution in [0.4, 0.5) is 17.6 Å². The molecule has 6 bridgehead atoms. The molecule has 0 saturated carbocycles. The number of carboxylic acids is 1. The molecule has 3 aromatic carbocycles. The maximum Gasteiger partial charge on any atom is 0.306 e. The Kier molecular flexibility index (Phi) is 9.01. The first-order valence-corrected chi connectivity index (χ1v) is 17.7. The van der Waals surface area contributed by atoms with Crippen molar-refractivity contribution in [2.24, 2.45) is 13.0 Å². The van der Waals surface area contributed by atoms with Gasteiger partial charge in [-0.15, -0.1) is 5.10 Å². The lowest BCUT2D eigenvalue weighted by atomic mass is 9.76. The van der Waals surface area contributed by atoms with Gasteiger partial charge in [0.15, 0.2) is 18.3 Å². The van der Waals surface area contributed by atoms with Crippen molar-refractivity contribution in [2.75, 3.05) is 6.61 Å². The first-order chi connectivity index (χ1) is 24.7. The second-order valence-corrected chi connectivity index (χ2v) is 14.8. The molecule has 270 valence electrons. The van der Waals surface area contributed by atoms with Crippen molar-refractivity contribution >= 4 is 27.7 Å². The number of aryl methyl sites for hydroxylation is 1. The SMILES string of the molecule is C[C@H](Cc1cccc(C2(C)CCC(F)(F)COc3ccn(n3)Cc3c(c(F)cc4[nH]ccc34)S(=O)c3ccc(F)c(c3)-c3nc2nn3C)c1)C(=O)O. The van der Waals surface area contributed by atoms with Crippen molar-refractivity contribution in [3.8, 4) is 17.3 Å². The summed E-state index contributed by atoms with van der Waals surface area (Å²) in [5.41, 5.74) is 0.668. The molecule has 1 aliphatic heterocycles. The summed E-state index contributed by atoms with van der Waals surface area (Å²) in [6, 6.07) is 15.1. The zero-order chi connectivity index (χ0) is 36.9. The number of rotatable bonds is 4. The first-order valence-electron chi connectivity index (χ1n) is 16.5. The van der Waals surface area contributed by atoms with Crippen LogP contribution in [-0.2, 0) is 41.0 Å². The van der Waals surface area contributed by atoms with E-state index in [0.717, 1.165) is 6.07 Å². The molecule has 2 N–H and O–H groups in total. The van der Waals surface area contributed by atoms with E-state index < -0.39 is 58.7 Å². The Bertz CT molecular complexity index is 2350. The summed E-state index contributed by atoms with van der Waals surface area (Å²) < 4.78 is 85.3. The molecular formula is C37H34F4N6O4S. The summed E-state index contributed by atoms with van der Waals surface area (Å²) in [6.45, 7) is 2.22. The van der Waals surface area contributed by atoms with Gasteiger partial charge in [0.2, 0.25) is 5.88 Å². The number of aromatic amines is 1. The van der Waals surface area contributed by atoms with Gasteiger partial charge in [0.25, 0.3) is 5.92 Å². The Labute approximate surface area is 297 Å². The van der Waals surface area contributed by atoms with Crippen molar-refractivity contribution in [2.45, 2.75) is 60.8 Å². The largest absolute Gasteiger partial charge is 0.481 e. The predicted octanol–water partition coefficient (Wildman–Crippen LogP) is 7.03. The number of alkyl halides is 2. The van der Waals surface area contributed by atoms with E-state index in [1.165, 1.54) is 46.9 Å². The third-order valence-corrected chi connectivity index (χ3v) is 11.1. The summed E-state index contributed by atoms with van der Waals surface area (Å²) in [5.74, 6) is -6.43. The number of carboxylic acid groups (broad SMARTS) is 1. The molecule has 15 heteroatoms. The number of aromatic nitrogens is 6. The van der Waals surface area contributed by atoms with Crippen LogP contribution in [0.25, 0.3) is 22.3 Å². The quantitative estimate of drug-likeness (QED) is 0.186. The summed E-state index contributed by atoms with van der Waals surface area (Å²) in [6.07, 6.45) is 2.48. The van der Waals surface area contributed by atoms with Gasteiger partial charge in [0.05, 0.1) is 39.1 Å². The molecule has 2 unspecified atom stereocenters. The summed E-state index contributed by atoms with van der Waals surface area (Å²) in [7, 11) is -0.627. The Morgan fingerprint density at radius 3 is 2.67 bits per heavy atom. The molecule has 4 heterocycles.